The molecule has 2 aromatic carbocycles. The Balaban J connectivity index is 1.82. The fourth-order valence-electron chi connectivity index (χ4n) is 2.83. The lowest BCUT2D eigenvalue weighted by molar-refractivity contribution is -0.386. The number of para-hydroxylation sites is 1. The zero-order valence-corrected chi connectivity index (χ0v) is 16.2. The van der Waals surface area contributed by atoms with Gasteiger partial charge in [-0.2, -0.15) is 5.01 Å². The predicted octanol–water partition coefficient (Wildman–Crippen LogP) is 3.79. The molecule has 1 atom stereocenters. The second-order valence-corrected chi connectivity index (χ2v) is 6.32. The lowest BCUT2D eigenvalue weighted by Crippen LogP contribution is -2.52. The molecule has 152 valence electrons. The van der Waals surface area contributed by atoms with E-state index in [0.29, 0.717) is 18.7 Å². The number of nitro benzene ring substituents is 1. The van der Waals surface area contributed by atoms with Crippen LogP contribution in [-0.2, 0) is 4.74 Å². The van der Waals surface area contributed by atoms with E-state index in [4.69, 9.17) is 11.2 Å². The van der Waals surface area contributed by atoms with E-state index in [1.165, 1.54) is 6.07 Å². The van der Waals surface area contributed by atoms with Gasteiger partial charge < -0.3 is 4.74 Å². The molecule has 1 amide bonds. The SMILES string of the molecule is C#CCCC1=NN=C(c2ccccc2)NN1C(=O)OC(C)c1ccccc1[N+](=O)[O-]. The highest BCUT2D eigenvalue weighted by Crippen LogP contribution is 2.27. The Morgan fingerprint density at radius 2 is 1.93 bits per heavy atom. The summed E-state index contributed by atoms with van der Waals surface area (Å²) < 4.78 is 5.49. The Kier molecular flexibility index (Phi) is 6.39. The van der Waals surface area contributed by atoms with Crippen molar-refractivity contribution >= 4 is 23.5 Å². The van der Waals surface area contributed by atoms with Crippen LogP contribution in [0.25, 0.3) is 0 Å². The molecule has 2 aromatic rings. The molecule has 1 aliphatic heterocycles. The van der Waals surface area contributed by atoms with E-state index in [1.54, 1.807) is 25.1 Å². The van der Waals surface area contributed by atoms with E-state index < -0.39 is 17.1 Å². The summed E-state index contributed by atoms with van der Waals surface area (Å²) in [4.78, 5) is 23.7. The number of benzene rings is 2. The van der Waals surface area contributed by atoms with Crippen LogP contribution in [0.2, 0.25) is 0 Å². The molecule has 1 heterocycles. The van der Waals surface area contributed by atoms with Crippen LogP contribution in [0.4, 0.5) is 10.5 Å². The molecule has 9 heteroatoms. The second-order valence-electron chi connectivity index (χ2n) is 6.32. The largest absolute Gasteiger partial charge is 0.440 e. The number of nitro groups is 1. The van der Waals surface area contributed by atoms with Crippen LogP contribution in [-0.4, -0.2) is 27.7 Å². The monoisotopic (exact) mass is 405 g/mol. The zero-order valence-electron chi connectivity index (χ0n) is 16.2. The number of amides is 1. The number of hydrogen-bond donors (Lipinski definition) is 1. The average Bonchev–Trinajstić information content (AvgIpc) is 2.78. The summed E-state index contributed by atoms with van der Waals surface area (Å²) in [5.74, 6) is 3.13. The minimum absolute atomic E-state index is 0.128. The van der Waals surface area contributed by atoms with Crippen molar-refractivity contribution in [3.63, 3.8) is 0 Å². The first kappa shape index (κ1) is 20.5. The summed E-state index contributed by atoms with van der Waals surface area (Å²) in [5, 5.41) is 20.6. The van der Waals surface area contributed by atoms with Crippen molar-refractivity contribution in [2.45, 2.75) is 25.9 Å². The van der Waals surface area contributed by atoms with Gasteiger partial charge in [-0.3, -0.25) is 15.5 Å². The van der Waals surface area contributed by atoms with Gasteiger partial charge in [0.25, 0.3) is 5.69 Å². The number of rotatable bonds is 6. The topological polar surface area (TPSA) is 109 Å². The summed E-state index contributed by atoms with van der Waals surface area (Å²) >= 11 is 0. The van der Waals surface area contributed by atoms with Crippen LogP contribution in [0.3, 0.4) is 0 Å². The van der Waals surface area contributed by atoms with Crippen molar-refractivity contribution < 1.29 is 14.5 Å². The predicted molar refractivity (Wildman–Crippen MR) is 111 cm³/mol. The Morgan fingerprint density at radius 3 is 2.63 bits per heavy atom. The van der Waals surface area contributed by atoms with Gasteiger partial charge in [-0.15, -0.1) is 22.5 Å². The molecule has 0 saturated heterocycles. The van der Waals surface area contributed by atoms with E-state index >= 15 is 0 Å². The summed E-state index contributed by atoms with van der Waals surface area (Å²) in [5.41, 5.74) is 3.78. The van der Waals surface area contributed by atoms with Gasteiger partial charge in [0.2, 0.25) is 0 Å². The van der Waals surface area contributed by atoms with E-state index in [0.717, 1.165) is 10.6 Å². The van der Waals surface area contributed by atoms with Crippen molar-refractivity contribution in [2.24, 2.45) is 10.2 Å². The van der Waals surface area contributed by atoms with E-state index in [2.05, 4.69) is 21.5 Å². The third kappa shape index (κ3) is 4.62. The molecule has 30 heavy (non-hydrogen) atoms. The Labute approximate surface area is 173 Å². The third-order valence-electron chi connectivity index (χ3n) is 4.31. The molecular formula is C21H19N5O4. The summed E-state index contributed by atoms with van der Waals surface area (Å²) in [6, 6.07) is 15.2. The molecule has 0 bridgehead atoms. The first-order valence-electron chi connectivity index (χ1n) is 9.15. The fourth-order valence-corrected chi connectivity index (χ4v) is 2.83. The molecule has 1 unspecified atom stereocenters. The number of carbonyl (C=O) groups is 1. The van der Waals surface area contributed by atoms with Crippen LogP contribution >= 0.6 is 0 Å². The van der Waals surface area contributed by atoms with Gasteiger partial charge >= 0.3 is 6.09 Å². The first-order chi connectivity index (χ1) is 14.5. The summed E-state index contributed by atoms with van der Waals surface area (Å²) in [6.07, 6.45) is 4.33. The highest BCUT2D eigenvalue weighted by molar-refractivity contribution is 6.06. The van der Waals surface area contributed by atoms with Crippen LogP contribution in [0.15, 0.2) is 64.8 Å². The van der Waals surface area contributed by atoms with Gasteiger partial charge in [-0.05, 0) is 13.0 Å². The molecular weight excluding hydrogens is 386 g/mol. The van der Waals surface area contributed by atoms with Gasteiger partial charge in [0.15, 0.2) is 11.7 Å². The molecule has 1 aliphatic rings. The number of amidine groups is 2. The normalized spacial score (nSPS) is 13.9. The van der Waals surface area contributed by atoms with Crippen molar-refractivity contribution in [3.05, 3.63) is 75.8 Å². The van der Waals surface area contributed by atoms with E-state index in [-0.39, 0.29) is 17.1 Å². The Morgan fingerprint density at radius 1 is 1.23 bits per heavy atom. The zero-order chi connectivity index (χ0) is 21.5. The molecule has 1 N–H and O–H groups in total. The highest BCUT2D eigenvalue weighted by atomic mass is 16.6. The van der Waals surface area contributed by atoms with Gasteiger partial charge in [-0.25, -0.2) is 4.79 Å². The lowest BCUT2D eigenvalue weighted by atomic mass is 10.1. The van der Waals surface area contributed by atoms with Gasteiger partial charge in [0, 0.05) is 24.5 Å². The quantitative estimate of drug-likeness (QED) is 0.447. The van der Waals surface area contributed by atoms with Crippen LogP contribution in [0.5, 0.6) is 0 Å². The maximum atomic E-state index is 12.9. The van der Waals surface area contributed by atoms with Crippen molar-refractivity contribution in [1.29, 1.82) is 0 Å². The molecule has 0 aromatic heterocycles. The van der Waals surface area contributed by atoms with Crippen molar-refractivity contribution in [3.8, 4) is 12.3 Å². The average molecular weight is 405 g/mol. The lowest BCUT2D eigenvalue weighted by Gasteiger charge is -2.28. The minimum Gasteiger partial charge on any atom is -0.440 e. The first-order valence-corrected chi connectivity index (χ1v) is 9.15. The minimum atomic E-state index is -0.867. The summed E-state index contributed by atoms with van der Waals surface area (Å²) in [7, 11) is 0. The second kappa shape index (κ2) is 9.34. The smallest absolute Gasteiger partial charge is 0.435 e. The number of nitrogens with one attached hydrogen (secondary N) is 1. The number of terminal acetylenes is 1. The fraction of sp³-hybridized carbons (Fsp3) is 0.190. The highest BCUT2D eigenvalue weighted by Gasteiger charge is 2.29. The number of hydrazine groups is 1. The van der Waals surface area contributed by atoms with Crippen molar-refractivity contribution in [2.75, 3.05) is 0 Å². The maximum absolute atomic E-state index is 12.9. The Bertz CT molecular complexity index is 1040. The molecule has 3 rings (SSSR count). The molecule has 0 spiro atoms. The van der Waals surface area contributed by atoms with Gasteiger partial charge in [0.1, 0.15) is 6.10 Å². The molecule has 9 nitrogen and oxygen atoms in total. The molecule has 0 fully saturated rings. The third-order valence-corrected chi connectivity index (χ3v) is 4.31. The molecule has 0 radical (unpaired) electrons. The maximum Gasteiger partial charge on any atom is 0.435 e. The Hall–Kier alpha value is -4.19. The number of nitrogens with zero attached hydrogens (tertiary/aromatic N) is 4. The molecule has 0 aliphatic carbocycles. The van der Waals surface area contributed by atoms with E-state index in [1.807, 2.05) is 30.3 Å². The van der Waals surface area contributed by atoms with Crippen LogP contribution < -0.4 is 5.43 Å². The molecule has 0 saturated carbocycles. The van der Waals surface area contributed by atoms with E-state index in [9.17, 15) is 14.9 Å². The van der Waals surface area contributed by atoms with Gasteiger partial charge in [0.05, 0.1) is 10.5 Å². The van der Waals surface area contributed by atoms with Crippen LogP contribution in [0.1, 0.15) is 37.0 Å². The van der Waals surface area contributed by atoms with Crippen LogP contribution in [0, 0.1) is 22.5 Å². The number of ether oxygens (including phenoxy) is 1. The number of carbonyl (C=O) groups excluding carboxylic acids is 1. The summed E-state index contributed by atoms with van der Waals surface area (Å²) in [6.45, 7) is 1.56. The standard InChI is InChI=1S/C21H19N5O4/c1-3-4-14-19-22-23-20(16-10-6-5-7-11-16)24-25(19)21(27)30-15(2)17-12-8-9-13-18(17)26(28)29/h1,5-13,15H,4,14H2,2H3,(H,23,24). The van der Waals surface area contributed by atoms with Gasteiger partial charge in [-0.1, -0.05) is 42.5 Å². The number of hydrogen-bond acceptors (Lipinski definition) is 7. The van der Waals surface area contributed by atoms with Crippen molar-refractivity contribution in [1.82, 2.24) is 10.4 Å².